The van der Waals surface area contributed by atoms with E-state index >= 15 is 0 Å². The van der Waals surface area contributed by atoms with Crippen molar-refractivity contribution in [3.63, 3.8) is 0 Å². The predicted octanol–water partition coefficient (Wildman–Crippen LogP) is 15.3. The first-order valence-electron chi connectivity index (χ1n) is 21.2. The Morgan fingerprint density at radius 1 is 0.328 bits per heavy atom. The first-order valence-corrected chi connectivity index (χ1v) is 21.2. The fraction of sp³-hybridized carbons (Fsp3) is 0.103. The van der Waals surface area contributed by atoms with E-state index in [0.29, 0.717) is 0 Å². The number of nitrogens with zero attached hydrogens (tertiary/aromatic N) is 2. The lowest BCUT2D eigenvalue weighted by molar-refractivity contribution is 0.652. The van der Waals surface area contributed by atoms with Crippen molar-refractivity contribution < 1.29 is 4.42 Å². The van der Waals surface area contributed by atoms with Gasteiger partial charge < -0.3 is 4.42 Å². The van der Waals surface area contributed by atoms with E-state index in [9.17, 15) is 0 Å². The van der Waals surface area contributed by atoms with Crippen LogP contribution in [-0.4, -0.2) is 9.97 Å². The zero-order valence-electron chi connectivity index (χ0n) is 34.6. The summed E-state index contributed by atoms with van der Waals surface area (Å²) in [4.78, 5) is 11.0. The molecular weight excluding hydrogens is 741 g/mol. The van der Waals surface area contributed by atoms with E-state index < -0.39 is 0 Å². The smallest absolute Gasteiger partial charge is 0.144 e. The summed E-state index contributed by atoms with van der Waals surface area (Å²) in [5.74, 6) is 0. The summed E-state index contributed by atoms with van der Waals surface area (Å²) in [5.41, 5.74) is 22.1. The number of benzene rings is 8. The standard InChI is InChI=1S/C58H42N2O/c1-57(2)47-26-15-14-23-40(47)44-33-50-45(34-49(44)57)41-29-27-39(32-48(41)58(50,3)4)38-28-30-51-46(31-38)42-24-16-25-43(56(42)61-51)55-54(37-21-12-7-13-22-37)59-52(35-17-8-5-9-18-35)53(60-55)36-19-10-6-11-20-36/h5-34H,1-4H3. The zero-order valence-corrected chi connectivity index (χ0v) is 34.6. The van der Waals surface area contributed by atoms with Crippen LogP contribution in [0.2, 0.25) is 0 Å². The highest BCUT2D eigenvalue weighted by Gasteiger charge is 2.41. The molecule has 0 atom stereocenters. The van der Waals surface area contributed by atoms with E-state index in [0.717, 1.165) is 72.5 Å². The SMILES string of the molecule is CC1(C)c2ccccc2-c2cc3c(cc21)-c1ccc(-c2ccc4oc5c(-c6nc(-c7ccccc7)c(-c7ccccc7)nc6-c6ccccc6)cccc5c4c2)cc1C3(C)C. The summed E-state index contributed by atoms with van der Waals surface area (Å²) in [7, 11) is 0. The third-order valence-electron chi connectivity index (χ3n) is 13.5. The van der Waals surface area contributed by atoms with E-state index in [1.165, 1.54) is 50.1 Å². The summed E-state index contributed by atoms with van der Waals surface area (Å²) in [6.07, 6.45) is 0. The Bertz CT molecular complexity index is 3390. The molecule has 290 valence electrons. The summed E-state index contributed by atoms with van der Waals surface area (Å²) >= 11 is 0. The van der Waals surface area contributed by atoms with Crippen LogP contribution in [-0.2, 0) is 10.8 Å². The lowest BCUT2D eigenvalue weighted by Gasteiger charge is -2.24. The third kappa shape index (κ3) is 5.30. The van der Waals surface area contributed by atoms with E-state index in [-0.39, 0.29) is 10.8 Å². The van der Waals surface area contributed by atoms with Crippen molar-refractivity contribution >= 4 is 21.9 Å². The molecule has 61 heavy (non-hydrogen) atoms. The number of rotatable bonds is 5. The Morgan fingerprint density at radius 2 is 0.803 bits per heavy atom. The maximum Gasteiger partial charge on any atom is 0.144 e. The minimum atomic E-state index is -0.148. The monoisotopic (exact) mass is 782 g/mol. The minimum absolute atomic E-state index is 0.0398. The number of hydrogen-bond donors (Lipinski definition) is 0. The van der Waals surface area contributed by atoms with E-state index in [1.807, 2.05) is 18.2 Å². The second kappa shape index (κ2) is 13.1. The van der Waals surface area contributed by atoms with E-state index in [2.05, 4.69) is 191 Å². The van der Waals surface area contributed by atoms with Gasteiger partial charge in [-0.2, -0.15) is 0 Å². The second-order valence-electron chi connectivity index (χ2n) is 17.7. The van der Waals surface area contributed by atoms with Gasteiger partial charge in [0.1, 0.15) is 16.9 Å². The van der Waals surface area contributed by atoms with Gasteiger partial charge in [-0.25, -0.2) is 9.97 Å². The number of aromatic nitrogens is 2. The molecule has 0 fully saturated rings. The summed E-state index contributed by atoms with van der Waals surface area (Å²) < 4.78 is 6.84. The van der Waals surface area contributed by atoms with Crippen molar-refractivity contribution in [1.29, 1.82) is 0 Å². The third-order valence-corrected chi connectivity index (χ3v) is 13.5. The number of fused-ring (bicyclic) bond motifs is 9. The molecule has 0 unspecified atom stereocenters. The van der Waals surface area contributed by atoms with E-state index in [1.54, 1.807) is 0 Å². The van der Waals surface area contributed by atoms with Gasteiger partial charge in [-0.05, 0) is 92.0 Å². The lowest BCUT2D eigenvalue weighted by Crippen LogP contribution is -2.17. The number of furan rings is 1. The minimum Gasteiger partial charge on any atom is -0.455 e. The fourth-order valence-corrected chi connectivity index (χ4v) is 10.3. The van der Waals surface area contributed by atoms with Crippen molar-refractivity contribution in [3.8, 4) is 78.4 Å². The van der Waals surface area contributed by atoms with Crippen LogP contribution < -0.4 is 0 Å². The molecule has 0 amide bonds. The molecule has 0 N–H and O–H groups in total. The molecule has 2 aliphatic rings. The van der Waals surface area contributed by atoms with Crippen LogP contribution in [0.1, 0.15) is 49.9 Å². The van der Waals surface area contributed by atoms with Gasteiger partial charge in [-0.3, -0.25) is 0 Å². The average molecular weight is 783 g/mol. The maximum atomic E-state index is 6.84. The van der Waals surface area contributed by atoms with Crippen LogP contribution in [0.15, 0.2) is 186 Å². The van der Waals surface area contributed by atoms with Crippen molar-refractivity contribution in [2.24, 2.45) is 0 Å². The van der Waals surface area contributed by atoms with Crippen LogP contribution in [0.3, 0.4) is 0 Å². The second-order valence-corrected chi connectivity index (χ2v) is 17.7. The largest absolute Gasteiger partial charge is 0.455 e. The molecule has 0 bridgehead atoms. The van der Waals surface area contributed by atoms with Crippen LogP contribution in [0.4, 0.5) is 0 Å². The Labute approximate surface area is 356 Å². The predicted molar refractivity (Wildman–Crippen MR) is 252 cm³/mol. The summed E-state index contributed by atoms with van der Waals surface area (Å²) in [6, 6.07) is 65.1. The van der Waals surface area contributed by atoms with Crippen molar-refractivity contribution in [2.45, 2.75) is 38.5 Å². The van der Waals surface area contributed by atoms with Gasteiger partial charge >= 0.3 is 0 Å². The highest BCUT2D eigenvalue weighted by Crippen LogP contribution is 2.56. The zero-order chi connectivity index (χ0) is 41.0. The topological polar surface area (TPSA) is 38.9 Å². The maximum absolute atomic E-state index is 6.84. The molecule has 2 aromatic heterocycles. The molecule has 0 aliphatic heterocycles. The molecule has 12 rings (SSSR count). The molecule has 3 heteroatoms. The molecule has 3 nitrogen and oxygen atoms in total. The molecular formula is C58H42N2O. The summed E-state index contributed by atoms with van der Waals surface area (Å²) in [5, 5.41) is 2.13. The highest BCUT2D eigenvalue weighted by molar-refractivity contribution is 6.11. The number of hydrogen-bond acceptors (Lipinski definition) is 3. The van der Waals surface area contributed by atoms with E-state index in [4.69, 9.17) is 14.4 Å². The average Bonchev–Trinajstić information content (AvgIpc) is 3.88. The molecule has 0 saturated carbocycles. The highest BCUT2D eigenvalue weighted by atomic mass is 16.3. The Morgan fingerprint density at radius 3 is 1.44 bits per heavy atom. The molecule has 2 aliphatic carbocycles. The van der Waals surface area contributed by atoms with Gasteiger partial charge in [0.25, 0.3) is 0 Å². The van der Waals surface area contributed by atoms with Gasteiger partial charge in [0, 0.05) is 43.9 Å². The van der Waals surface area contributed by atoms with Gasteiger partial charge in [0.15, 0.2) is 0 Å². The molecule has 8 aromatic carbocycles. The first kappa shape index (κ1) is 35.6. The van der Waals surface area contributed by atoms with Crippen LogP contribution >= 0.6 is 0 Å². The van der Waals surface area contributed by atoms with Gasteiger partial charge in [0.05, 0.1) is 17.1 Å². The Balaban J connectivity index is 0.996. The number of para-hydroxylation sites is 1. The molecule has 2 heterocycles. The van der Waals surface area contributed by atoms with Crippen LogP contribution in [0.25, 0.3) is 100 Å². The molecule has 0 radical (unpaired) electrons. The van der Waals surface area contributed by atoms with Gasteiger partial charge in [-0.15, -0.1) is 0 Å². The molecule has 0 spiro atoms. The lowest BCUT2D eigenvalue weighted by atomic mass is 9.79. The van der Waals surface area contributed by atoms with Crippen LogP contribution in [0, 0.1) is 0 Å². The van der Waals surface area contributed by atoms with Gasteiger partial charge in [-0.1, -0.05) is 173 Å². The Kier molecular flexibility index (Phi) is 7.62. The first-order chi connectivity index (χ1) is 29.8. The quantitative estimate of drug-likeness (QED) is 0.175. The Hall–Kier alpha value is -7.36. The van der Waals surface area contributed by atoms with Crippen molar-refractivity contribution in [2.75, 3.05) is 0 Å². The van der Waals surface area contributed by atoms with Crippen LogP contribution in [0.5, 0.6) is 0 Å². The normalized spacial score (nSPS) is 14.2. The fourth-order valence-electron chi connectivity index (χ4n) is 10.3. The summed E-state index contributed by atoms with van der Waals surface area (Å²) in [6.45, 7) is 9.50. The van der Waals surface area contributed by atoms with Gasteiger partial charge in [0.2, 0.25) is 0 Å². The molecule has 0 saturated heterocycles. The van der Waals surface area contributed by atoms with Crippen molar-refractivity contribution in [3.05, 3.63) is 204 Å². The molecule has 10 aromatic rings. The van der Waals surface area contributed by atoms with Crippen molar-refractivity contribution in [1.82, 2.24) is 9.97 Å².